The summed E-state index contributed by atoms with van der Waals surface area (Å²) in [6.45, 7) is 6.53. The van der Waals surface area contributed by atoms with Gasteiger partial charge in [0.25, 0.3) is 0 Å². The van der Waals surface area contributed by atoms with E-state index >= 15 is 0 Å². The Balaban J connectivity index is 2.57. The molecule has 0 fully saturated rings. The second-order valence-electron chi connectivity index (χ2n) is 3.83. The molecule has 0 atom stereocenters. The minimum Gasteiger partial charge on any atom is -0.389 e. The molecule has 3 nitrogen and oxygen atoms in total. The maximum atomic E-state index is 5.59. The molecule has 1 heterocycles. The van der Waals surface area contributed by atoms with E-state index in [4.69, 9.17) is 5.73 Å². The molecule has 0 bridgehead atoms. The molecule has 0 radical (unpaired) electrons. The first-order chi connectivity index (χ1) is 6.03. The largest absolute Gasteiger partial charge is 0.389 e. The van der Waals surface area contributed by atoms with Gasteiger partial charge in [0.2, 0.25) is 0 Å². The van der Waals surface area contributed by atoms with Gasteiger partial charge in [0.15, 0.2) is 5.13 Å². The third kappa shape index (κ3) is 3.22. The van der Waals surface area contributed by atoms with Crippen LogP contribution in [0.25, 0.3) is 0 Å². The maximum Gasteiger partial charge on any atom is 0.185 e. The quantitative estimate of drug-likeness (QED) is 0.784. The van der Waals surface area contributed by atoms with Crippen molar-refractivity contribution in [1.82, 2.24) is 4.98 Å². The third-order valence-electron chi connectivity index (χ3n) is 1.84. The molecular formula is C9H17N3S. The normalized spacial score (nSPS) is 11.6. The summed E-state index contributed by atoms with van der Waals surface area (Å²) < 4.78 is 0. The standard InChI is InChI=1S/C9H17N3S/c1-4-5-9(2,3)12-8-11-6-7(10)13-8/h6H,4-5,10H2,1-3H3,(H,11,12). The highest BCUT2D eigenvalue weighted by Crippen LogP contribution is 2.25. The van der Waals surface area contributed by atoms with E-state index in [-0.39, 0.29) is 5.54 Å². The second kappa shape index (κ2) is 3.96. The first-order valence-electron chi connectivity index (χ1n) is 4.53. The molecule has 0 saturated carbocycles. The van der Waals surface area contributed by atoms with Crippen LogP contribution in [0.5, 0.6) is 0 Å². The molecule has 0 aliphatic heterocycles. The number of nitrogens with zero attached hydrogens (tertiary/aromatic N) is 1. The lowest BCUT2D eigenvalue weighted by atomic mass is 10.00. The summed E-state index contributed by atoms with van der Waals surface area (Å²) in [6.07, 6.45) is 3.99. The number of thiazole rings is 1. The number of aromatic nitrogens is 1. The van der Waals surface area contributed by atoms with E-state index in [0.29, 0.717) is 0 Å². The fourth-order valence-corrected chi connectivity index (χ4v) is 2.08. The molecule has 0 aliphatic rings. The van der Waals surface area contributed by atoms with Crippen LogP contribution < -0.4 is 11.1 Å². The topological polar surface area (TPSA) is 50.9 Å². The zero-order chi connectivity index (χ0) is 9.90. The highest BCUT2D eigenvalue weighted by atomic mass is 32.1. The third-order valence-corrected chi connectivity index (χ3v) is 2.59. The van der Waals surface area contributed by atoms with Crippen LogP contribution in [-0.2, 0) is 0 Å². The Morgan fingerprint density at radius 3 is 2.77 bits per heavy atom. The van der Waals surface area contributed by atoms with E-state index in [2.05, 4.69) is 31.1 Å². The number of nitrogens with two attached hydrogens (primary N) is 1. The minimum absolute atomic E-state index is 0.110. The van der Waals surface area contributed by atoms with Gasteiger partial charge in [-0.05, 0) is 20.3 Å². The van der Waals surface area contributed by atoms with Crippen LogP contribution in [0.1, 0.15) is 33.6 Å². The number of hydrogen-bond donors (Lipinski definition) is 2. The van der Waals surface area contributed by atoms with E-state index in [1.807, 2.05) is 0 Å². The fourth-order valence-electron chi connectivity index (χ4n) is 1.32. The molecule has 0 unspecified atom stereocenters. The van der Waals surface area contributed by atoms with Gasteiger partial charge in [-0.25, -0.2) is 4.98 Å². The van der Waals surface area contributed by atoms with Crippen LogP contribution in [0.2, 0.25) is 0 Å². The molecule has 0 aromatic carbocycles. The summed E-state index contributed by atoms with van der Waals surface area (Å²) in [4.78, 5) is 4.17. The van der Waals surface area contributed by atoms with Crippen LogP contribution in [-0.4, -0.2) is 10.5 Å². The molecule has 74 valence electrons. The lowest BCUT2D eigenvalue weighted by molar-refractivity contribution is 0.510. The summed E-state index contributed by atoms with van der Waals surface area (Å²) in [6, 6.07) is 0. The molecule has 0 amide bonds. The molecule has 4 heteroatoms. The van der Waals surface area contributed by atoms with Crippen LogP contribution in [0.4, 0.5) is 10.1 Å². The van der Waals surface area contributed by atoms with Gasteiger partial charge < -0.3 is 11.1 Å². The monoisotopic (exact) mass is 199 g/mol. The molecule has 13 heavy (non-hydrogen) atoms. The average molecular weight is 199 g/mol. The van der Waals surface area contributed by atoms with E-state index in [0.717, 1.165) is 16.6 Å². The molecule has 0 saturated heterocycles. The van der Waals surface area contributed by atoms with E-state index < -0.39 is 0 Å². The first-order valence-corrected chi connectivity index (χ1v) is 5.34. The van der Waals surface area contributed by atoms with E-state index in [1.54, 1.807) is 6.20 Å². The predicted molar refractivity (Wildman–Crippen MR) is 59.1 cm³/mol. The molecule has 3 N–H and O–H groups in total. The summed E-state index contributed by atoms with van der Waals surface area (Å²) >= 11 is 1.50. The lowest BCUT2D eigenvalue weighted by Crippen LogP contribution is -2.30. The van der Waals surface area contributed by atoms with Crippen LogP contribution in [0, 0.1) is 0 Å². The molecule has 1 aromatic heterocycles. The SMILES string of the molecule is CCCC(C)(C)Nc1ncc(N)s1. The van der Waals surface area contributed by atoms with Gasteiger partial charge in [-0.15, -0.1) is 0 Å². The summed E-state index contributed by atoms with van der Waals surface area (Å²) in [7, 11) is 0. The Kier molecular flexibility index (Phi) is 3.14. The van der Waals surface area contributed by atoms with Crippen molar-refractivity contribution in [3.05, 3.63) is 6.20 Å². The lowest BCUT2D eigenvalue weighted by Gasteiger charge is -2.25. The minimum atomic E-state index is 0.110. The van der Waals surface area contributed by atoms with E-state index in [1.165, 1.54) is 17.8 Å². The zero-order valence-corrected chi connectivity index (χ0v) is 9.24. The van der Waals surface area contributed by atoms with Gasteiger partial charge in [0.1, 0.15) is 5.00 Å². The average Bonchev–Trinajstić information content (AvgIpc) is 2.34. The Hall–Kier alpha value is -0.770. The van der Waals surface area contributed by atoms with Crippen LogP contribution in [0.3, 0.4) is 0 Å². The number of nitrogens with one attached hydrogen (secondary N) is 1. The van der Waals surface area contributed by atoms with Crippen molar-refractivity contribution in [2.45, 2.75) is 39.2 Å². The van der Waals surface area contributed by atoms with Crippen molar-refractivity contribution >= 4 is 21.5 Å². The van der Waals surface area contributed by atoms with Gasteiger partial charge >= 0.3 is 0 Å². The predicted octanol–water partition coefficient (Wildman–Crippen LogP) is 2.72. The molecule has 0 spiro atoms. The Morgan fingerprint density at radius 1 is 1.62 bits per heavy atom. The van der Waals surface area contributed by atoms with Crippen molar-refractivity contribution < 1.29 is 0 Å². The van der Waals surface area contributed by atoms with E-state index in [9.17, 15) is 0 Å². The molecule has 1 aromatic rings. The molecular weight excluding hydrogens is 182 g/mol. The Morgan fingerprint density at radius 2 is 2.31 bits per heavy atom. The fraction of sp³-hybridized carbons (Fsp3) is 0.667. The molecule has 0 aliphatic carbocycles. The van der Waals surface area contributed by atoms with Crippen LogP contribution in [0.15, 0.2) is 6.20 Å². The smallest absolute Gasteiger partial charge is 0.185 e. The maximum absolute atomic E-state index is 5.59. The van der Waals surface area contributed by atoms with Crippen molar-refractivity contribution in [2.24, 2.45) is 0 Å². The highest BCUT2D eigenvalue weighted by Gasteiger charge is 2.17. The van der Waals surface area contributed by atoms with Crippen molar-refractivity contribution in [1.29, 1.82) is 0 Å². The Bertz CT molecular complexity index is 268. The van der Waals surface area contributed by atoms with Gasteiger partial charge in [-0.2, -0.15) is 0 Å². The number of rotatable bonds is 4. The highest BCUT2D eigenvalue weighted by molar-refractivity contribution is 7.19. The first kappa shape index (κ1) is 10.3. The molecule has 1 rings (SSSR count). The van der Waals surface area contributed by atoms with Gasteiger partial charge in [-0.1, -0.05) is 24.7 Å². The number of nitrogen functional groups attached to an aromatic ring is 1. The van der Waals surface area contributed by atoms with Crippen LogP contribution >= 0.6 is 11.3 Å². The number of hydrogen-bond acceptors (Lipinski definition) is 4. The van der Waals surface area contributed by atoms with Crippen molar-refractivity contribution in [3.63, 3.8) is 0 Å². The summed E-state index contributed by atoms with van der Waals surface area (Å²) in [5.74, 6) is 0. The summed E-state index contributed by atoms with van der Waals surface area (Å²) in [5, 5.41) is 5.04. The van der Waals surface area contributed by atoms with Gasteiger partial charge in [0.05, 0.1) is 6.20 Å². The van der Waals surface area contributed by atoms with Gasteiger partial charge in [-0.3, -0.25) is 0 Å². The van der Waals surface area contributed by atoms with Crippen molar-refractivity contribution in [2.75, 3.05) is 11.1 Å². The Labute approximate surface area is 83.4 Å². The van der Waals surface area contributed by atoms with Crippen molar-refractivity contribution in [3.8, 4) is 0 Å². The number of anilines is 2. The summed E-state index contributed by atoms with van der Waals surface area (Å²) in [5.41, 5.74) is 5.70. The second-order valence-corrected chi connectivity index (χ2v) is 4.89. The van der Waals surface area contributed by atoms with Gasteiger partial charge in [0, 0.05) is 5.54 Å². The zero-order valence-electron chi connectivity index (χ0n) is 8.42.